The van der Waals surface area contributed by atoms with Crippen LogP contribution in [0.5, 0.6) is 0 Å². The molecule has 0 fully saturated rings. The normalized spacial score (nSPS) is 13.0. The molecule has 0 saturated carbocycles. The summed E-state index contributed by atoms with van der Waals surface area (Å²) in [5.74, 6) is 0.621. The molecule has 0 bridgehead atoms. The highest BCUT2D eigenvalue weighted by atomic mass is 16.3. The number of hydrogen-bond donors (Lipinski definition) is 1. The van der Waals surface area contributed by atoms with E-state index in [1.165, 1.54) is 6.39 Å². The fourth-order valence-corrected chi connectivity index (χ4v) is 1.57. The van der Waals surface area contributed by atoms with Crippen molar-refractivity contribution in [2.45, 2.75) is 19.9 Å². The molecule has 2 rings (SSSR count). The predicted molar refractivity (Wildman–Crippen MR) is 61.3 cm³/mol. The van der Waals surface area contributed by atoms with Crippen LogP contribution in [-0.4, -0.2) is 34.6 Å². The molecule has 2 N–H and O–H groups in total. The first-order chi connectivity index (χ1) is 7.58. The zero-order valence-electron chi connectivity index (χ0n) is 9.64. The van der Waals surface area contributed by atoms with Gasteiger partial charge in [-0.1, -0.05) is 0 Å². The van der Waals surface area contributed by atoms with Crippen molar-refractivity contribution in [2.24, 2.45) is 5.73 Å². The molecule has 0 spiro atoms. The van der Waals surface area contributed by atoms with E-state index in [9.17, 15) is 0 Å². The van der Waals surface area contributed by atoms with Crippen LogP contribution in [0.25, 0.3) is 11.2 Å². The van der Waals surface area contributed by atoms with Gasteiger partial charge in [-0.25, -0.2) is 4.98 Å². The highest BCUT2D eigenvalue weighted by Gasteiger charge is 2.12. The molecule has 6 nitrogen and oxygen atoms in total. The van der Waals surface area contributed by atoms with E-state index in [2.05, 4.69) is 15.0 Å². The van der Waals surface area contributed by atoms with E-state index in [4.69, 9.17) is 10.2 Å². The molecule has 2 aromatic rings. The first kappa shape index (κ1) is 10.8. The number of anilines is 1. The van der Waals surface area contributed by atoms with Gasteiger partial charge < -0.3 is 15.1 Å². The smallest absolute Gasteiger partial charge is 0.227 e. The minimum absolute atomic E-state index is 0.0712. The van der Waals surface area contributed by atoms with Crippen molar-refractivity contribution in [2.75, 3.05) is 18.5 Å². The number of rotatable bonds is 3. The van der Waals surface area contributed by atoms with E-state index >= 15 is 0 Å². The molecule has 2 aromatic heterocycles. The monoisotopic (exact) mass is 221 g/mol. The summed E-state index contributed by atoms with van der Waals surface area (Å²) in [6, 6.07) is 0.0712. The van der Waals surface area contributed by atoms with Gasteiger partial charge in [0.05, 0.1) is 5.69 Å². The molecule has 16 heavy (non-hydrogen) atoms. The lowest BCUT2D eigenvalue weighted by Gasteiger charge is -2.19. The van der Waals surface area contributed by atoms with Crippen LogP contribution < -0.4 is 10.6 Å². The lowest BCUT2D eigenvalue weighted by molar-refractivity contribution is 0.597. The molecule has 6 heteroatoms. The standard InChI is InChI=1S/C10H15N5O/c1-6(11)4-15(3)10-13-7(2)8-9(14-10)12-5-16-8/h5-6H,4,11H2,1-3H3. The van der Waals surface area contributed by atoms with Gasteiger partial charge in [0.1, 0.15) is 0 Å². The van der Waals surface area contributed by atoms with Gasteiger partial charge in [0.25, 0.3) is 0 Å². The van der Waals surface area contributed by atoms with Crippen LogP contribution in [0.15, 0.2) is 10.8 Å². The zero-order chi connectivity index (χ0) is 11.7. The highest BCUT2D eigenvalue weighted by Crippen LogP contribution is 2.16. The van der Waals surface area contributed by atoms with Crippen molar-refractivity contribution >= 4 is 17.2 Å². The number of aromatic nitrogens is 3. The summed E-state index contributed by atoms with van der Waals surface area (Å²) >= 11 is 0. The highest BCUT2D eigenvalue weighted by molar-refractivity contribution is 5.71. The largest absolute Gasteiger partial charge is 0.440 e. The lowest BCUT2D eigenvalue weighted by Crippen LogP contribution is -2.33. The average Bonchev–Trinajstić information content (AvgIpc) is 2.64. The van der Waals surface area contributed by atoms with Gasteiger partial charge in [0.15, 0.2) is 12.0 Å². The van der Waals surface area contributed by atoms with Gasteiger partial charge in [-0.3, -0.25) is 0 Å². The van der Waals surface area contributed by atoms with Crippen molar-refractivity contribution < 1.29 is 4.42 Å². The van der Waals surface area contributed by atoms with Gasteiger partial charge >= 0.3 is 0 Å². The number of fused-ring (bicyclic) bond motifs is 1. The summed E-state index contributed by atoms with van der Waals surface area (Å²) < 4.78 is 5.19. The zero-order valence-corrected chi connectivity index (χ0v) is 9.64. The van der Waals surface area contributed by atoms with E-state index in [-0.39, 0.29) is 6.04 Å². The Morgan fingerprint density at radius 1 is 1.50 bits per heavy atom. The van der Waals surface area contributed by atoms with E-state index in [0.717, 1.165) is 5.69 Å². The Bertz CT molecular complexity index is 493. The number of hydrogen-bond acceptors (Lipinski definition) is 6. The minimum Gasteiger partial charge on any atom is -0.440 e. The molecule has 0 radical (unpaired) electrons. The second kappa shape index (κ2) is 4.05. The molecule has 1 unspecified atom stereocenters. The molecule has 0 aliphatic carbocycles. The van der Waals surface area contributed by atoms with Crippen LogP contribution in [-0.2, 0) is 0 Å². The van der Waals surface area contributed by atoms with Gasteiger partial charge in [0, 0.05) is 19.6 Å². The molecule has 0 aliphatic heterocycles. The van der Waals surface area contributed by atoms with Crippen LogP contribution >= 0.6 is 0 Å². The lowest BCUT2D eigenvalue weighted by atomic mass is 10.3. The Kier molecular flexibility index (Phi) is 2.74. The Morgan fingerprint density at radius 3 is 2.94 bits per heavy atom. The predicted octanol–water partition coefficient (Wildman–Crippen LogP) is 0.710. The van der Waals surface area contributed by atoms with Gasteiger partial charge in [-0.05, 0) is 13.8 Å². The van der Waals surface area contributed by atoms with Gasteiger partial charge in [0.2, 0.25) is 11.6 Å². The summed E-state index contributed by atoms with van der Waals surface area (Å²) in [5.41, 5.74) is 7.74. The fraction of sp³-hybridized carbons (Fsp3) is 0.500. The quantitative estimate of drug-likeness (QED) is 0.822. The minimum atomic E-state index is 0.0712. The van der Waals surface area contributed by atoms with Crippen LogP contribution in [0.1, 0.15) is 12.6 Å². The van der Waals surface area contributed by atoms with E-state index in [1.807, 2.05) is 25.8 Å². The number of nitrogens with two attached hydrogens (primary N) is 1. The van der Waals surface area contributed by atoms with Crippen molar-refractivity contribution in [1.29, 1.82) is 0 Å². The summed E-state index contributed by atoms with van der Waals surface area (Å²) in [6.07, 6.45) is 1.38. The third kappa shape index (κ3) is 1.96. The van der Waals surface area contributed by atoms with Crippen molar-refractivity contribution in [3.63, 3.8) is 0 Å². The molecule has 0 amide bonds. The molecule has 86 valence electrons. The molecule has 0 saturated heterocycles. The maximum absolute atomic E-state index is 5.73. The topological polar surface area (TPSA) is 81.1 Å². The second-order valence-corrected chi connectivity index (χ2v) is 3.97. The van der Waals surface area contributed by atoms with Crippen LogP contribution in [0.2, 0.25) is 0 Å². The Hall–Kier alpha value is -1.69. The van der Waals surface area contributed by atoms with Gasteiger partial charge in [-0.15, -0.1) is 0 Å². The SMILES string of the molecule is Cc1nc(N(C)CC(C)N)nc2ncoc12. The van der Waals surface area contributed by atoms with E-state index < -0.39 is 0 Å². The number of nitrogens with zero attached hydrogens (tertiary/aromatic N) is 4. The number of likely N-dealkylation sites (N-methyl/N-ethyl adjacent to an activating group) is 1. The maximum Gasteiger partial charge on any atom is 0.227 e. The Labute approximate surface area is 93.5 Å². The number of aryl methyl sites for hydroxylation is 1. The molecular weight excluding hydrogens is 206 g/mol. The molecule has 1 atom stereocenters. The van der Waals surface area contributed by atoms with Crippen molar-refractivity contribution in [1.82, 2.24) is 15.0 Å². The first-order valence-electron chi connectivity index (χ1n) is 5.12. The summed E-state index contributed by atoms with van der Waals surface area (Å²) in [7, 11) is 1.91. The van der Waals surface area contributed by atoms with E-state index in [1.54, 1.807) is 0 Å². The fourth-order valence-electron chi connectivity index (χ4n) is 1.57. The molecular formula is C10H15N5O. The van der Waals surface area contributed by atoms with Crippen molar-refractivity contribution in [3.05, 3.63) is 12.1 Å². The average molecular weight is 221 g/mol. The van der Waals surface area contributed by atoms with Crippen LogP contribution in [0.3, 0.4) is 0 Å². The Morgan fingerprint density at radius 2 is 2.25 bits per heavy atom. The van der Waals surface area contributed by atoms with E-state index in [0.29, 0.717) is 23.7 Å². The third-order valence-corrected chi connectivity index (χ3v) is 2.25. The molecule has 2 heterocycles. The molecule has 0 aromatic carbocycles. The van der Waals surface area contributed by atoms with Crippen LogP contribution in [0, 0.1) is 6.92 Å². The number of oxazole rings is 1. The first-order valence-corrected chi connectivity index (χ1v) is 5.12. The second-order valence-electron chi connectivity index (χ2n) is 3.97. The van der Waals surface area contributed by atoms with Gasteiger partial charge in [-0.2, -0.15) is 9.97 Å². The summed E-state index contributed by atoms with van der Waals surface area (Å²) in [5, 5.41) is 0. The van der Waals surface area contributed by atoms with Crippen LogP contribution in [0.4, 0.5) is 5.95 Å². The molecule has 0 aliphatic rings. The van der Waals surface area contributed by atoms with Crippen molar-refractivity contribution in [3.8, 4) is 0 Å². The summed E-state index contributed by atoms with van der Waals surface area (Å²) in [6.45, 7) is 4.51. The third-order valence-electron chi connectivity index (χ3n) is 2.25. The summed E-state index contributed by atoms with van der Waals surface area (Å²) in [4.78, 5) is 14.6. The Balaban J connectivity index is 2.37. The maximum atomic E-state index is 5.73.